The van der Waals surface area contributed by atoms with Crippen LogP contribution in [-0.2, 0) is 4.79 Å². The number of nitriles is 1. The summed E-state index contributed by atoms with van der Waals surface area (Å²) in [5.74, 6) is 2.18. The number of rotatable bonds is 5. The molecule has 0 aromatic rings. The van der Waals surface area contributed by atoms with Crippen LogP contribution in [0.5, 0.6) is 0 Å². The quantitative estimate of drug-likeness (QED) is 0.667. The number of hydrogen-bond donors (Lipinski definition) is 1. The lowest BCUT2D eigenvalue weighted by molar-refractivity contribution is -0.134. The van der Waals surface area contributed by atoms with E-state index in [1.807, 2.05) is 19.9 Å². The van der Waals surface area contributed by atoms with Crippen LogP contribution in [0.3, 0.4) is 0 Å². The van der Waals surface area contributed by atoms with Crippen molar-refractivity contribution in [3.63, 3.8) is 0 Å². The van der Waals surface area contributed by atoms with Crippen LogP contribution in [0.1, 0.15) is 26.7 Å². The molecule has 0 bridgehead atoms. The molecule has 0 aliphatic rings. The van der Waals surface area contributed by atoms with E-state index in [-0.39, 0.29) is 18.4 Å². The van der Waals surface area contributed by atoms with E-state index >= 15 is 0 Å². The van der Waals surface area contributed by atoms with E-state index in [4.69, 9.17) is 17.4 Å². The molecule has 0 saturated heterocycles. The van der Waals surface area contributed by atoms with Crippen molar-refractivity contribution in [1.82, 2.24) is 4.90 Å². The van der Waals surface area contributed by atoms with E-state index in [9.17, 15) is 4.79 Å². The molecule has 1 amide bonds. The predicted octanol–water partition coefficient (Wildman–Crippen LogP) is 0.488. The van der Waals surface area contributed by atoms with Crippen LogP contribution in [0.4, 0.5) is 0 Å². The first-order valence-electron chi connectivity index (χ1n) is 4.91. The van der Waals surface area contributed by atoms with Crippen LogP contribution in [0.25, 0.3) is 0 Å². The van der Waals surface area contributed by atoms with Gasteiger partial charge in [-0.25, -0.2) is 0 Å². The van der Waals surface area contributed by atoms with Crippen molar-refractivity contribution in [2.24, 2.45) is 5.73 Å². The largest absolute Gasteiger partial charge is 0.338 e. The van der Waals surface area contributed by atoms with Crippen LogP contribution in [0.15, 0.2) is 0 Å². The number of hydrogen-bond acceptors (Lipinski definition) is 3. The molecule has 1 unspecified atom stereocenters. The molecule has 4 nitrogen and oxygen atoms in total. The summed E-state index contributed by atoms with van der Waals surface area (Å²) in [5.41, 5.74) is 5.62. The van der Waals surface area contributed by atoms with Gasteiger partial charge in [0.25, 0.3) is 0 Å². The lowest BCUT2D eigenvalue weighted by Crippen LogP contribution is -2.47. The Balaban J connectivity index is 4.43. The lowest BCUT2D eigenvalue weighted by atomic mass is 10.1. The normalized spacial score (nSPS) is 11.6. The molecule has 0 radical (unpaired) electrons. The minimum atomic E-state index is -0.656. The molecule has 0 aliphatic carbocycles. The summed E-state index contributed by atoms with van der Waals surface area (Å²) in [4.78, 5) is 13.4. The zero-order chi connectivity index (χ0) is 11.8. The standard InChI is InChI=1S/C11H17N3O/c1-4-6-10(13)11(15)14(9(2)3)8-5-7-12/h1,9-10H,5-6,8,13H2,2-3H3. The summed E-state index contributed by atoms with van der Waals surface area (Å²) in [5, 5.41) is 8.47. The van der Waals surface area contributed by atoms with E-state index in [0.717, 1.165) is 0 Å². The Morgan fingerprint density at radius 1 is 1.60 bits per heavy atom. The molecule has 0 spiro atoms. The van der Waals surface area contributed by atoms with E-state index in [2.05, 4.69) is 5.92 Å². The van der Waals surface area contributed by atoms with Crippen molar-refractivity contribution >= 4 is 5.91 Å². The van der Waals surface area contributed by atoms with Gasteiger partial charge in [-0.2, -0.15) is 5.26 Å². The van der Waals surface area contributed by atoms with Gasteiger partial charge in [-0.1, -0.05) is 0 Å². The van der Waals surface area contributed by atoms with Gasteiger partial charge in [0.05, 0.1) is 18.5 Å². The first kappa shape index (κ1) is 13.5. The van der Waals surface area contributed by atoms with Crippen LogP contribution >= 0.6 is 0 Å². The molecule has 15 heavy (non-hydrogen) atoms. The Morgan fingerprint density at radius 3 is 2.60 bits per heavy atom. The van der Waals surface area contributed by atoms with Gasteiger partial charge in [0.2, 0.25) is 5.91 Å². The molecule has 0 saturated carbocycles. The van der Waals surface area contributed by atoms with Gasteiger partial charge in [-0.3, -0.25) is 4.79 Å². The maximum absolute atomic E-state index is 11.8. The molecule has 0 fully saturated rings. The van der Waals surface area contributed by atoms with Gasteiger partial charge < -0.3 is 10.6 Å². The summed E-state index contributed by atoms with van der Waals surface area (Å²) in [6.45, 7) is 4.18. The van der Waals surface area contributed by atoms with Crippen LogP contribution in [0, 0.1) is 23.7 Å². The number of carbonyl (C=O) groups excluding carboxylic acids is 1. The minimum Gasteiger partial charge on any atom is -0.338 e. The molecular formula is C11H17N3O. The predicted molar refractivity (Wildman–Crippen MR) is 58.5 cm³/mol. The Morgan fingerprint density at radius 2 is 2.20 bits per heavy atom. The molecule has 0 heterocycles. The van der Waals surface area contributed by atoms with Gasteiger partial charge in [0, 0.05) is 19.0 Å². The zero-order valence-corrected chi connectivity index (χ0v) is 9.23. The van der Waals surface area contributed by atoms with Crippen molar-refractivity contribution in [3.05, 3.63) is 0 Å². The Bertz CT molecular complexity index is 285. The van der Waals surface area contributed by atoms with Crippen LogP contribution in [0.2, 0.25) is 0 Å². The second-order valence-corrected chi connectivity index (χ2v) is 3.55. The first-order valence-corrected chi connectivity index (χ1v) is 4.91. The average Bonchev–Trinajstić information content (AvgIpc) is 2.18. The smallest absolute Gasteiger partial charge is 0.240 e. The van der Waals surface area contributed by atoms with Crippen molar-refractivity contribution in [2.75, 3.05) is 6.54 Å². The third-order valence-corrected chi connectivity index (χ3v) is 2.03. The molecule has 0 aromatic heterocycles. The number of carbonyl (C=O) groups is 1. The summed E-state index contributed by atoms with van der Waals surface area (Å²) < 4.78 is 0. The average molecular weight is 207 g/mol. The summed E-state index contributed by atoms with van der Waals surface area (Å²) >= 11 is 0. The van der Waals surface area contributed by atoms with E-state index in [1.54, 1.807) is 4.90 Å². The molecule has 4 heteroatoms. The number of terminal acetylenes is 1. The van der Waals surface area contributed by atoms with Gasteiger partial charge in [0.15, 0.2) is 0 Å². The Hall–Kier alpha value is -1.52. The maximum Gasteiger partial charge on any atom is 0.240 e. The van der Waals surface area contributed by atoms with Gasteiger partial charge >= 0.3 is 0 Å². The number of nitrogens with two attached hydrogens (primary N) is 1. The molecular weight excluding hydrogens is 190 g/mol. The van der Waals surface area contributed by atoms with Gasteiger partial charge in [0.1, 0.15) is 0 Å². The SMILES string of the molecule is C#CCC(N)C(=O)N(CCC#N)C(C)C. The highest BCUT2D eigenvalue weighted by atomic mass is 16.2. The number of nitrogens with zero attached hydrogens (tertiary/aromatic N) is 2. The maximum atomic E-state index is 11.8. The van der Waals surface area contributed by atoms with Crippen molar-refractivity contribution in [1.29, 1.82) is 5.26 Å². The molecule has 2 N–H and O–H groups in total. The third kappa shape index (κ3) is 4.49. The van der Waals surface area contributed by atoms with E-state index in [0.29, 0.717) is 13.0 Å². The molecule has 82 valence electrons. The van der Waals surface area contributed by atoms with Crippen LogP contribution in [-0.4, -0.2) is 29.4 Å². The summed E-state index contributed by atoms with van der Waals surface area (Å²) in [6, 6.07) is 1.38. The summed E-state index contributed by atoms with van der Waals surface area (Å²) in [7, 11) is 0. The third-order valence-electron chi connectivity index (χ3n) is 2.03. The fourth-order valence-electron chi connectivity index (χ4n) is 1.22. The van der Waals surface area contributed by atoms with Gasteiger partial charge in [-0.15, -0.1) is 12.3 Å². The molecule has 1 atom stereocenters. The fraction of sp³-hybridized carbons (Fsp3) is 0.636. The molecule has 0 aromatic carbocycles. The highest BCUT2D eigenvalue weighted by molar-refractivity contribution is 5.82. The zero-order valence-electron chi connectivity index (χ0n) is 9.23. The summed E-state index contributed by atoms with van der Waals surface area (Å²) in [6.07, 6.45) is 5.63. The monoisotopic (exact) mass is 207 g/mol. The lowest BCUT2D eigenvalue weighted by Gasteiger charge is -2.28. The van der Waals surface area contributed by atoms with Crippen LogP contribution < -0.4 is 5.73 Å². The van der Waals surface area contributed by atoms with Crippen molar-refractivity contribution in [3.8, 4) is 18.4 Å². The molecule has 0 rings (SSSR count). The first-order chi connectivity index (χ1) is 7.04. The van der Waals surface area contributed by atoms with E-state index in [1.165, 1.54) is 0 Å². The van der Waals surface area contributed by atoms with E-state index < -0.39 is 6.04 Å². The fourth-order valence-corrected chi connectivity index (χ4v) is 1.22. The topological polar surface area (TPSA) is 70.1 Å². The second kappa shape index (κ2) is 6.86. The molecule has 0 aliphatic heterocycles. The Kier molecular flexibility index (Phi) is 6.17. The number of amides is 1. The minimum absolute atomic E-state index is 0.0367. The highest BCUT2D eigenvalue weighted by Gasteiger charge is 2.21. The van der Waals surface area contributed by atoms with Crippen molar-refractivity contribution in [2.45, 2.75) is 38.8 Å². The van der Waals surface area contributed by atoms with Crippen molar-refractivity contribution < 1.29 is 4.79 Å². The Labute approximate surface area is 91.0 Å². The highest BCUT2D eigenvalue weighted by Crippen LogP contribution is 2.04. The second-order valence-electron chi connectivity index (χ2n) is 3.55. The van der Waals surface area contributed by atoms with Gasteiger partial charge in [-0.05, 0) is 13.8 Å².